The van der Waals surface area contributed by atoms with Crippen LogP contribution in [0, 0.1) is 11.8 Å². The van der Waals surface area contributed by atoms with Gasteiger partial charge in [-0.3, -0.25) is 4.90 Å². The third kappa shape index (κ3) is 6.69. The molecular formula is C23H43NO3. The van der Waals surface area contributed by atoms with Crippen LogP contribution in [0.5, 0.6) is 0 Å². The quantitative estimate of drug-likeness (QED) is 0.581. The molecule has 0 amide bonds. The molecular weight excluding hydrogens is 338 g/mol. The monoisotopic (exact) mass is 381 g/mol. The lowest BCUT2D eigenvalue weighted by Crippen LogP contribution is -2.59. The highest BCUT2D eigenvalue weighted by atomic mass is 16.5. The SMILES string of the molecule is CC(C)(C)OC1CC(OCCC2CC(CCOC3CN(C(C)(C)C)C3)C2)C1. The lowest BCUT2D eigenvalue weighted by atomic mass is 9.72. The second kappa shape index (κ2) is 8.69. The summed E-state index contributed by atoms with van der Waals surface area (Å²) in [5.41, 5.74) is 0.272. The minimum atomic E-state index is -0.0229. The molecule has 1 aliphatic heterocycles. The first kappa shape index (κ1) is 21.5. The van der Waals surface area contributed by atoms with Crippen LogP contribution in [0.1, 0.15) is 80.1 Å². The Morgan fingerprint density at radius 1 is 0.704 bits per heavy atom. The normalized spacial score (nSPS) is 32.7. The smallest absolute Gasteiger partial charge is 0.0829 e. The van der Waals surface area contributed by atoms with Crippen LogP contribution < -0.4 is 0 Å². The third-order valence-electron chi connectivity index (χ3n) is 6.46. The molecule has 0 bridgehead atoms. The van der Waals surface area contributed by atoms with Crippen molar-refractivity contribution in [3.05, 3.63) is 0 Å². The largest absolute Gasteiger partial charge is 0.378 e. The maximum Gasteiger partial charge on any atom is 0.0829 e. The summed E-state index contributed by atoms with van der Waals surface area (Å²) in [5, 5.41) is 0. The molecule has 1 saturated heterocycles. The first-order valence-electron chi connectivity index (χ1n) is 11.2. The van der Waals surface area contributed by atoms with Gasteiger partial charge in [-0.1, -0.05) is 0 Å². The van der Waals surface area contributed by atoms with Gasteiger partial charge in [-0.25, -0.2) is 0 Å². The molecule has 0 atom stereocenters. The van der Waals surface area contributed by atoms with Crippen molar-refractivity contribution in [2.75, 3.05) is 26.3 Å². The predicted molar refractivity (Wildman–Crippen MR) is 110 cm³/mol. The van der Waals surface area contributed by atoms with Crippen molar-refractivity contribution in [1.82, 2.24) is 4.90 Å². The van der Waals surface area contributed by atoms with E-state index in [-0.39, 0.29) is 5.60 Å². The Morgan fingerprint density at radius 2 is 1.22 bits per heavy atom. The average Bonchev–Trinajstić information content (AvgIpc) is 2.39. The van der Waals surface area contributed by atoms with Gasteiger partial charge in [0.05, 0.1) is 23.9 Å². The summed E-state index contributed by atoms with van der Waals surface area (Å²) in [5.74, 6) is 1.78. The van der Waals surface area contributed by atoms with Crippen LogP contribution in [0.2, 0.25) is 0 Å². The van der Waals surface area contributed by atoms with Crippen LogP contribution >= 0.6 is 0 Å². The van der Waals surface area contributed by atoms with E-state index in [1.807, 2.05) is 0 Å². The Bertz CT molecular complexity index is 449. The Kier molecular flexibility index (Phi) is 6.93. The molecule has 2 aliphatic carbocycles. The molecule has 3 fully saturated rings. The predicted octanol–water partition coefficient (Wildman–Crippen LogP) is 4.65. The minimum Gasteiger partial charge on any atom is -0.378 e. The van der Waals surface area contributed by atoms with Gasteiger partial charge in [0.1, 0.15) is 0 Å². The molecule has 3 aliphatic rings. The van der Waals surface area contributed by atoms with Gasteiger partial charge in [-0.2, -0.15) is 0 Å². The second-order valence-corrected chi connectivity index (χ2v) is 11.2. The first-order valence-corrected chi connectivity index (χ1v) is 11.2. The summed E-state index contributed by atoms with van der Waals surface area (Å²) < 4.78 is 18.0. The molecule has 158 valence electrons. The van der Waals surface area contributed by atoms with E-state index in [1.54, 1.807) is 0 Å². The number of ether oxygens (including phenoxy) is 3. The molecule has 0 aromatic rings. The fourth-order valence-electron chi connectivity index (χ4n) is 4.49. The van der Waals surface area contributed by atoms with Gasteiger partial charge in [0.15, 0.2) is 0 Å². The van der Waals surface area contributed by atoms with Crippen LogP contribution in [0.25, 0.3) is 0 Å². The van der Waals surface area contributed by atoms with E-state index in [9.17, 15) is 0 Å². The van der Waals surface area contributed by atoms with E-state index in [0.717, 1.165) is 51.0 Å². The van der Waals surface area contributed by atoms with Crippen molar-refractivity contribution < 1.29 is 14.2 Å². The first-order chi connectivity index (χ1) is 12.6. The molecule has 4 nitrogen and oxygen atoms in total. The molecule has 27 heavy (non-hydrogen) atoms. The number of hydrogen-bond acceptors (Lipinski definition) is 4. The van der Waals surface area contributed by atoms with Crippen LogP contribution in [0.4, 0.5) is 0 Å². The van der Waals surface area contributed by atoms with Crippen LogP contribution in [0.15, 0.2) is 0 Å². The second-order valence-electron chi connectivity index (χ2n) is 11.2. The van der Waals surface area contributed by atoms with Crippen LogP contribution in [-0.2, 0) is 14.2 Å². The van der Waals surface area contributed by atoms with Crippen molar-refractivity contribution in [2.24, 2.45) is 11.8 Å². The van der Waals surface area contributed by atoms with Crippen LogP contribution in [0.3, 0.4) is 0 Å². The van der Waals surface area contributed by atoms with Gasteiger partial charge >= 0.3 is 0 Å². The van der Waals surface area contributed by atoms with E-state index in [0.29, 0.717) is 23.9 Å². The van der Waals surface area contributed by atoms with Gasteiger partial charge in [0.2, 0.25) is 0 Å². The maximum absolute atomic E-state index is 6.05. The molecule has 0 aromatic carbocycles. The van der Waals surface area contributed by atoms with Crippen molar-refractivity contribution in [3.8, 4) is 0 Å². The molecule has 1 heterocycles. The van der Waals surface area contributed by atoms with Gasteiger partial charge < -0.3 is 14.2 Å². The highest BCUT2D eigenvalue weighted by Crippen LogP contribution is 2.39. The summed E-state index contributed by atoms with van der Waals surface area (Å²) in [4.78, 5) is 2.50. The minimum absolute atomic E-state index is 0.0229. The molecule has 2 saturated carbocycles. The van der Waals surface area contributed by atoms with Gasteiger partial charge in [-0.15, -0.1) is 0 Å². The zero-order valence-corrected chi connectivity index (χ0v) is 18.6. The fraction of sp³-hybridized carbons (Fsp3) is 1.00. The van der Waals surface area contributed by atoms with E-state index >= 15 is 0 Å². The number of nitrogens with zero attached hydrogens (tertiary/aromatic N) is 1. The van der Waals surface area contributed by atoms with Gasteiger partial charge in [-0.05, 0) is 91.9 Å². The molecule has 4 heteroatoms. The van der Waals surface area contributed by atoms with E-state index in [1.165, 1.54) is 25.7 Å². The molecule has 0 unspecified atom stereocenters. The molecule has 0 spiro atoms. The summed E-state index contributed by atoms with van der Waals surface area (Å²) in [7, 11) is 0. The molecule has 3 rings (SSSR count). The number of rotatable bonds is 9. The Morgan fingerprint density at radius 3 is 1.70 bits per heavy atom. The third-order valence-corrected chi connectivity index (χ3v) is 6.46. The lowest BCUT2D eigenvalue weighted by Gasteiger charge is -2.47. The molecule has 0 aromatic heterocycles. The highest BCUT2D eigenvalue weighted by molar-refractivity contribution is 4.89. The summed E-state index contributed by atoms with van der Waals surface area (Å²) >= 11 is 0. The topological polar surface area (TPSA) is 30.9 Å². The maximum atomic E-state index is 6.05. The van der Waals surface area contributed by atoms with E-state index in [4.69, 9.17) is 14.2 Å². The Labute approximate surface area is 167 Å². The number of hydrogen-bond donors (Lipinski definition) is 0. The Balaban J connectivity index is 1.12. The zero-order chi connectivity index (χ0) is 19.7. The van der Waals surface area contributed by atoms with Crippen LogP contribution in [-0.4, -0.2) is 60.7 Å². The highest BCUT2D eigenvalue weighted by Gasteiger charge is 2.36. The lowest BCUT2D eigenvalue weighted by molar-refractivity contribution is -0.150. The number of likely N-dealkylation sites (tertiary alicyclic amines) is 1. The summed E-state index contributed by atoms with van der Waals surface area (Å²) in [6.45, 7) is 17.3. The van der Waals surface area contributed by atoms with Crippen molar-refractivity contribution in [1.29, 1.82) is 0 Å². The fourth-order valence-corrected chi connectivity index (χ4v) is 4.49. The molecule has 0 radical (unpaired) electrons. The van der Waals surface area contributed by atoms with Gasteiger partial charge in [0.25, 0.3) is 0 Å². The van der Waals surface area contributed by atoms with Gasteiger partial charge in [0, 0.05) is 31.8 Å². The molecule has 0 N–H and O–H groups in total. The zero-order valence-electron chi connectivity index (χ0n) is 18.6. The average molecular weight is 382 g/mol. The van der Waals surface area contributed by atoms with E-state index in [2.05, 4.69) is 46.4 Å². The summed E-state index contributed by atoms with van der Waals surface area (Å²) in [6.07, 6.45) is 8.73. The van der Waals surface area contributed by atoms with Crippen molar-refractivity contribution in [3.63, 3.8) is 0 Å². The van der Waals surface area contributed by atoms with Crippen molar-refractivity contribution in [2.45, 2.75) is 110 Å². The van der Waals surface area contributed by atoms with E-state index < -0.39 is 0 Å². The Hall–Kier alpha value is -0.160. The standard InChI is InChI=1S/C23H43NO3/c1-22(2,3)24-15-21(16-24)26-10-8-18-11-17(12-18)7-9-25-19-13-20(14-19)27-23(4,5)6/h17-21H,7-16H2,1-6H3. The summed E-state index contributed by atoms with van der Waals surface area (Å²) in [6, 6.07) is 0. The van der Waals surface area contributed by atoms with Crippen molar-refractivity contribution >= 4 is 0 Å².